The van der Waals surface area contributed by atoms with Crippen LogP contribution in [0.3, 0.4) is 0 Å². The third-order valence-electron chi connectivity index (χ3n) is 3.99. The summed E-state index contributed by atoms with van der Waals surface area (Å²) < 4.78 is 0. The van der Waals surface area contributed by atoms with Gasteiger partial charge in [0.1, 0.15) is 0 Å². The number of carbonyl (C=O) groups is 2. The number of anilines is 2. The van der Waals surface area contributed by atoms with Crippen molar-refractivity contribution in [1.29, 1.82) is 0 Å². The SMILES string of the molecule is C[C@H]1CC(=O)N(Cc2ccccc2)c2ccccc2N1C=O. The molecule has 0 aromatic heterocycles. The number of amides is 2. The summed E-state index contributed by atoms with van der Waals surface area (Å²) in [7, 11) is 0. The number of carbonyl (C=O) groups excluding carboxylic acids is 2. The van der Waals surface area contributed by atoms with Gasteiger partial charge in [0.2, 0.25) is 12.3 Å². The molecule has 3 rings (SSSR count). The lowest BCUT2D eigenvalue weighted by Gasteiger charge is -2.24. The minimum absolute atomic E-state index is 0.0353. The van der Waals surface area contributed by atoms with Crippen LogP contribution in [0.2, 0.25) is 0 Å². The third kappa shape index (κ3) is 2.60. The molecule has 1 heterocycles. The van der Waals surface area contributed by atoms with Crippen molar-refractivity contribution in [2.45, 2.75) is 25.9 Å². The molecule has 22 heavy (non-hydrogen) atoms. The smallest absolute Gasteiger partial charge is 0.229 e. The summed E-state index contributed by atoms with van der Waals surface area (Å²) in [6, 6.07) is 17.3. The first-order valence-electron chi connectivity index (χ1n) is 7.37. The van der Waals surface area contributed by atoms with Gasteiger partial charge in [-0.1, -0.05) is 42.5 Å². The van der Waals surface area contributed by atoms with E-state index in [1.807, 2.05) is 61.5 Å². The Balaban J connectivity index is 2.04. The predicted molar refractivity (Wildman–Crippen MR) is 86.7 cm³/mol. The molecule has 0 unspecified atom stereocenters. The van der Waals surface area contributed by atoms with Crippen molar-refractivity contribution >= 4 is 23.7 Å². The van der Waals surface area contributed by atoms with Crippen molar-refractivity contribution in [3.05, 3.63) is 60.2 Å². The molecule has 0 saturated heterocycles. The lowest BCUT2D eigenvalue weighted by atomic mass is 10.1. The van der Waals surface area contributed by atoms with E-state index in [1.165, 1.54) is 0 Å². The van der Waals surface area contributed by atoms with E-state index in [9.17, 15) is 9.59 Å². The highest BCUT2D eigenvalue weighted by Gasteiger charge is 2.30. The molecule has 2 aromatic carbocycles. The standard InChI is InChI=1S/C18H18N2O2/c1-14-11-18(22)19(12-15-7-3-2-4-8-15)16-9-5-6-10-17(16)20(14)13-21/h2-10,13-14H,11-12H2,1H3/t14-/m0/s1. The van der Waals surface area contributed by atoms with Gasteiger partial charge in [0.25, 0.3) is 0 Å². The van der Waals surface area contributed by atoms with Crippen LogP contribution in [-0.4, -0.2) is 18.4 Å². The normalized spacial score (nSPS) is 17.9. The van der Waals surface area contributed by atoms with E-state index < -0.39 is 0 Å². The summed E-state index contributed by atoms with van der Waals surface area (Å²) in [6.45, 7) is 2.41. The highest BCUT2D eigenvalue weighted by molar-refractivity contribution is 6.01. The van der Waals surface area contributed by atoms with Gasteiger partial charge in [0.15, 0.2) is 0 Å². The lowest BCUT2D eigenvalue weighted by Crippen LogP contribution is -2.34. The van der Waals surface area contributed by atoms with Crippen molar-refractivity contribution < 1.29 is 9.59 Å². The van der Waals surface area contributed by atoms with Crippen molar-refractivity contribution in [3.8, 4) is 0 Å². The van der Waals surface area contributed by atoms with E-state index in [0.717, 1.165) is 23.3 Å². The minimum Gasteiger partial charge on any atom is -0.310 e. The zero-order valence-corrected chi connectivity index (χ0v) is 12.5. The van der Waals surface area contributed by atoms with Crippen LogP contribution in [0.1, 0.15) is 18.9 Å². The second kappa shape index (κ2) is 6.02. The Hall–Kier alpha value is -2.62. The molecule has 1 atom stereocenters. The van der Waals surface area contributed by atoms with E-state index >= 15 is 0 Å². The Morgan fingerprint density at radius 2 is 1.68 bits per heavy atom. The molecular formula is C18H18N2O2. The summed E-state index contributed by atoms with van der Waals surface area (Å²) in [5.74, 6) is 0.0353. The predicted octanol–water partition coefficient (Wildman–Crippen LogP) is 2.97. The Labute approximate surface area is 130 Å². The third-order valence-corrected chi connectivity index (χ3v) is 3.99. The lowest BCUT2D eigenvalue weighted by molar-refractivity contribution is -0.118. The van der Waals surface area contributed by atoms with Crippen LogP contribution < -0.4 is 9.80 Å². The van der Waals surface area contributed by atoms with Gasteiger partial charge in [0.05, 0.1) is 17.9 Å². The molecule has 112 valence electrons. The molecule has 4 nitrogen and oxygen atoms in total. The van der Waals surface area contributed by atoms with Crippen molar-refractivity contribution in [3.63, 3.8) is 0 Å². The topological polar surface area (TPSA) is 40.6 Å². The molecular weight excluding hydrogens is 276 g/mol. The molecule has 0 N–H and O–H groups in total. The molecule has 0 spiro atoms. The van der Waals surface area contributed by atoms with Crippen LogP contribution >= 0.6 is 0 Å². The molecule has 0 fully saturated rings. The Morgan fingerprint density at radius 1 is 1.05 bits per heavy atom. The van der Waals surface area contributed by atoms with Gasteiger partial charge in [-0.3, -0.25) is 9.59 Å². The van der Waals surface area contributed by atoms with Gasteiger partial charge in [-0.25, -0.2) is 0 Å². The first kappa shape index (κ1) is 14.3. The van der Waals surface area contributed by atoms with Gasteiger partial charge in [-0.15, -0.1) is 0 Å². The molecule has 4 heteroatoms. The molecule has 0 saturated carbocycles. The zero-order valence-electron chi connectivity index (χ0n) is 12.5. The molecule has 1 aliphatic rings. The summed E-state index contributed by atoms with van der Waals surface area (Å²) in [5, 5.41) is 0. The van der Waals surface area contributed by atoms with E-state index in [-0.39, 0.29) is 11.9 Å². The van der Waals surface area contributed by atoms with E-state index in [4.69, 9.17) is 0 Å². The maximum Gasteiger partial charge on any atom is 0.229 e. The average molecular weight is 294 g/mol. The fraction of sp³-hybridized carbons (Fsp3) is 0.222. The summed E-state index contributed by atoms with van der Waals surface area (Å²) in [6.07, 6.45) is 1.13. The van der Waals surface area contributed by atoms with Crippen molar-refractivity contribution in [2.75, 3.05) is 9.80 Å². The number of hydrogen-bond acceptors (Lipinski definition) is 2. The Kier molecular flexibility index (Phi) is 3.92. The number of para-hydroxylation sites is 2. The first-order chi connectivity index (χ1) is 10.7. The summed E-state index contributed by atoms with van der Waals surface area (Å²) in [5.41, 5.74) is 2.64. The highest BCUT2D eigenvalue weighted by atomic mass is 16.2. The van der Waals surface area contributed by atoms with E-state index in [1.54, 1.807) is 9.80 Å². The van der Waals surface area contributed by atoms with Gasteiger partial charge >= 0.3 is 0 Å². The van der Waals surface area contributed by atoms with Gasteiger partial charge in [-0.05, 0) is 24.6 Å². The number of rotatable bonds is 3. The maximum absolute atomic E-state index is 12.6. The number of benzene rings is 2. The first-order valence-corrected chi connectivity index (χ1v) is 7.37. The molecule has 1 aliphatic heterocycles. The molecule has 2 amide bonds. The van der Waals surface area contributed by atoms with Crippen LogP contribution in [0.25, 0.3) is 0 Å². The Bertz CT molecular complexity index is 684. The minimum atomic E-state index is -0.146. The fourth-order valence-electron chi connectivity index (χ4n) is 2.84. The monoisotopic (exact) mass is 294 g/mol. The zero-order chi connectivity index (χ0) is 15.5. The summed E-state index contributed by atoms with van der Waals surface area (Å²) >= 11 is 0. The van der Waals surface area contributed by atoms with Crippen LogP contribution in [0.5, 0.6) is 0 Å². The van der Waals surface area contributed by atoms with Crippen LogP contribution in [0, 0.1) is 0 Å². The second-order valence-corrected chi connectivity index (χ2v) is 5.52. The van der Waals surface area contributed by atoms with Gasteiger partial charge < -0.3 is 9.80 Å². The van der Waals surface area contributed by atoms with Crippen LogP contribution in [0.4, 0.5) is 11.4 Å². The van der Waals surface area contributed by atoms with Gasteiger partial charge in [-0.2, -0.15) is 0 Å². The molecule has 2 aromatic rings. The number of nitrogens with zero attached hydrogens (tertiary/aromatic N) is 2. The number of fused-ring (bicyclic) bond motifs is 1. The van der Waals surface area contributed by atoms with Crippen LogP contribution in [-0.2, 0) is 16.1 Å². The quantitative estimate of drug-likeness (QED) is 0.817. The summed E-state index contributed by atoms with van der Waals surface area (Å²) in [4.78, 5) is 27.5. The highest BCUT2D eigenvalue weighted by Crippen LogP contribution is 2.34. The van der Waals surface area contributed by atoms with Crippen LogP contribution in [0.15, 0.2) is 54.6 Å². The molecule has 0 radical (unpaired) electrons. The molecule has 0 aliphatic carbocycles. The maximum atomic E-state index is 12.6. The van der Waals surface area contributed by atoms with E-state index in [0.29, 0.717) is 13.0 Å². The molecule has 0 bridgehead atoms. The van der Waals surface area contributed by atoms with E-state index in [2.05, 4.69) is 0 Å². The average Bonchev–Trinajstić information content (AvgIpc) is 2.63. The van der Waals surface area contributed by atoms with Gasteiger partial charge in [0, 0.05) is 12.5 Å². The number of hydrogen-bond donors (Lipinski definition) is 0. The largest absolute Gasteiger partial charge is 0.310 e. The van der Waals surface area contributed by atoms with Crippen molar-refractivity contribution in [1.82, 2.24) is 0 Å². The second-order valence-electron chi connectivity index (χ2n) is 5.52. The van der Waals surface area contributed by atoms with Crippen molar-refractivity contribution in [2.24, 2.45) is 0 Å². The Morgan fingerprint density at radius 3 is 2.36 bits per heavy atom. The fourth-order valence-corrected chi connectivity index (χ4v) is 2.84.